The summed E-state index contributed by atoms with van der Waals surface area (Å²) >= 11 is 0. The molecular weight excluding hydrogens is 346 g/mol. The summed E-state index contributed by atoms with van der Waals surface area (Å²) in [6.07, 6.45) is 3.60. The summed E-state index contributed by atoms with van der Waals surface area (Å²) < 4.78 is 5.42. The number of aromatic amines is 1. The van der Waals surface area contributed by atoms with Gasteiger partial charge in [-0.05, 0) is 56.2 Å². The zero-order valence-corrected chi connectivity index (χ0v) is 16.6. The van der Waals surface area contributed by atoms with Gasteiger partial charge in [0.15, 0.2) is 0 Å². The largest absolute Gasteiger partial charge is 0.497 e. The van der Waals surface area contributed by atoms with E-state index in [2.05, 4.69) is 48.9 Å². The van der Waals surface area contributed by atoms with E-state index in [1.165, 1.54) is 16.7 Å². The standard InChI is InChI=1S/C24H23N3O/c1-15-12-16(2)21(17(3)13-15)24-26-22(18-8-10-25-11-9-18)23(27-24)19-6-5-7-20(14-19)28-4/h5-14H,1-4H3,(H,26,27). The number of ether oxygens (including phenoxy) is 1. The van der Waals surface area contributed by atoms with E-state index in [9.17, 15) is 0 Å². The van der Waals surface area contributed by atoms with E-state index in [0.717, 1.165) is 39.7 Å². The predicted octanol–water partition coefficient (Wildman–Crippen LogP) is 5.74. The number of hydrogen-bond donors (Lipinski definition) is 1. The van der Waals surface area contributed by atoms with Gasteiger partial charge in [-0.3, -0.25) is 4.98 Å². The predicted molar refractivity (Wildman–Crippen MR) is 113 cm³/mol. The smallest absolute Gasteiger partial charge is 0.139 e. The van der Waals surface area contributed by atoms with Gasteiger partial charge >= 0.3 is 0 Å². The van der Waals surface area contributed by atoms with E-state index in [1.54, 1.807) is 19.5 Å². The van der Waals surface area contributed by atoms with Crippen LogP contribution >= 0.6 is 0 Å². The molecular formula is C24H23N3O. The molecule has 0 aliphatic rings. The molecule has 0 fully saturated rings. The number of imidazole rings is 1. The van der Waals surface area contributed by atoms with Gasteiger partial charge in [0.2, 0.25) is 0 Å². The van der Waals surface area contributed by atoms with Crippen molar-refractivity contribution >= 4 is 0 Å². The average molecular weight is 369 g/mol. The maximum absolute atomic E-state index is 5.42. The summed E-state index contributed by atoms with van der Waals surface area (Å²) in [5, 5.41) is 0. The van der Waals surface area contributed by atoms with Crippen molar-refractivity contribution in [3.8, 4) is 39.7 Å². The first-order valence-electron chi connectivity index (χ1n) is 9.30. The van der Waals surface area contributed by atoms with Crippen molar-refractivity contribution in [2.75, 3.05) is 7.11 Å². The number of benzene rings is 2. The first-order chi connectivity index (χ1) is 13.6. The Labute approximate surface area is 165 Å². The highest BCUT2D eigenvalue weighted by atomic mass is 16.5. The average Bonchev–Trinajstić information content (AvgIpc) is 3.13. The molecule has 0 saturated heterocycles. The van der Waals surface area contributed by atoms with Gasteiger partial charge in [0.1, 0.15) is 11.6 Å². The van der Waals surface area contributed by atoms with Crippen molar-refractivity contribution in [2.45, 2.75) is 20.8 Å². The fourth-order valence-electron chi connectivity index (χ4n) is 3.75. The maximum Gasteiger partial charge on any atom is 0.139 e. The summed E-state index contributed by atoms with van der Waals surface area (Å²) in [4.78, 5) is 12.7. The third-order valence-corrected chi connectivity index (χ3v) is 4.93. The molecule has 4 aromatic rings. The molecule has 0 aliphatic heterocycles. The fraction of sp³-hybridized carbons (Fsp3) is 0.167. The lowest BCUT2D eigenvalue weighted by Crippen LogP contribution is -1.92. The molecule has 4 nitrogen and oxygen atoms in total. The Morgan fingerprint density at radius 2 is 1.57 bits per heavy atom. The molecule has 0 saturated carbocycles. The molecule has 140 valence electrons. The van der Waals surface area contributed by atoms with E-state index < -0.39 is 0 Å². The molecule has 2 aromatic heterocycles. The molecule has 0 aliphatic carbocycles. The third kappa shape index (κ3) is 3.29. The summed E-state index contributed by atoms with van der Waals surface area (Å²) in [6.45, 7) is 6.39. The second-order valence-corrected chi connectivity index (χ2v) is 7.05. The van der Waals surface area contributed by atoms with Crippen LogP contribution in [0.2, 0.25) is 0 Å². The van der Waals surface area contributed by atoms with E-state index >= 15 is 0 Å². The Balaban J connectivity index is 1.95. The van der Waals surface area contributed by atoms with Gasteiger partial charge in [0, 0.05) is 29.1 Å². The van der Waals surface area contributed by atoms with Crippen molar-refractivity contribution in [2.24, 2.45) is 0 Å². The molecule has 0 spiro atoms. The second kappa shape index (κ2) is 7.31. The first kappa shape index (κ1) is 18.0. The van der Waals surface area contributed by atoms with Crippen molar-refractivity contribution in [3.05, 3.63) is 77.6 Å². The zero-order valence-electron chi connectivity index (χ0n) is 16.6. The number of rotatable bonds is 4. The van der Waals surface area contributed by atoms with Crippen LogP contribution in [0.5, 0.6) is 5.75 Å². The van der Waals surface area contributed by atoms with Gasteiger partial charge in [-0.1, -0.05) is 29.8 Å². The number of H-pyrrole nitrogens is 1. The van der Waals surface area contributed by atoms with Crippen molar-refractivity contribution in [1.29, 1.82) is 0 Å². The molecule has 0 bridgehead atoms. The summed E-state index contributed by atoms with van der Waals surface area (Å²) in [5.74, 6) is 1.69. The topological polar surface area (TPSA) is 50.8 Å². The van der Waals surface area contributed by atoms with Gasteiger partial charge in [-0.25, -0.2) is 4.98 Å². The molecule has 2 aromatic carbocycles. The molecule has 0 atom stereocenters. The first-order valence-corrected chi connectivity index (χ1v) is 9.30. The zero-order chi connectivity index (χ0) is 19.7. The number of nitrogens with zero attached hydrogens (tertiary/aromatic N) is 2. The number of aryl methyl sites for hydroxylation is 3. The van der Waals surface area contributed by atoms with Gasteiger partial charge in [0.25, 0.3) is 0 Å². The quantitative estimate of drug-likeness (QED) is 0.499. The third-order valence-electron chi connectivity index (χ3n) is 4.93. The molecule has 0 amide bonds. The Morgan fingerprint density at radius 1 is 0.857 bits per heavy atom. The maximum atomic E-state index is 5.42. The van der Waals surface area contributed by atoms with E-state index in [0.29, 0.717) is 0 Å². The van der Waals surface area contributed by atoms with Crippen LogP contribution in [0.15, 0.2) is 60.9 Å². The van der Waals surface area contributed by atoms with Crippen LogP contribution in [0, 0.1) is 20.8 Å². The van der Waals surface area contributed by atoms with E-state index in [-0.39, 0.29) is 0 Å². The Kier molecular flexibility index (Phi) is 4.70. The number of methoxy groups -OCH3 is 1. The number of aromatic nitrogens is 3. The molecule has 4 heteroatoms. The lowest BCUT2D eigenvalue weighted by molar-refractivity contribution is 0.415. The molecule has 1 N–H and O–H groups in total. The Bertz CT molecular complexity index is 1110. The van der Waals surface area contributed by atoms with Gasteiger partial charge in [0.05, 0.1) is 18.5 Å². The Hall–Kier alpha value is -3.40. The minimum Gasteiger partial charge on any atom is -0.497 e. The molecule has 2 heterocycles. The lowest BCUT2D eigenvalue weighted by atomic mass is 9.99. The van der Waals surface area contributed by atoms with E-state index in [1.807, 2.05) is 30.3 Å². The lowest BCUT2D eigenvalue weighted by Gasteiger charge is -2.08. The van der Waals surface area contributed by atoms with Gasteiger partial charge < -0.3 is 9.72 Å². The van der Waals surface area contributed by atoms with Crippen LogP contribution in [0.1, 0.15) is 16.7 Å². The summed E-state index contributed by atoms with van der Waals surface area (Å²) in [7, 11) is 1.68. The monoisotopic (exact) mass is 369 g/mol. The molecule has 0 radical (unpaired) electrons. The van der Waals surface area contributed by atoms with Gasteiger partial charge in [-0.15, -0.1) is 0 Å². The second-order valence-electron chi connectivity index (χ2n) is 7.05. The number of nitrogens with one attached hydrogen (secondary N) is 1. The SMILES string of the molecule is COc1cccc(-c2nc(-c3c(C)cc(C)cc3C)[nH]c2-c2ccncc2)c1. The highest BCUT2D eigenvalue weighted by molar-refractivity contribution is 5.82. The van der Waals surface area contributed by atoms with Gasteiger partial charge in [-0.2, -0.15) is 0 Å². The highest BCUT2D eigenvalue weighted by Crippen LogP contribution is 2.36. The van der Waals surface area contributed by atoms with Crippen LogP contribution in [0.25, 0.3) is 33.9 Å². The van der Waals surface area contributed by atoms with Crippen molar-refractivity contribution in [1.82, 2.24) is 15.0 Å². The molecule has 4 rings (SSSR count). The van der Waals surface area contributed by atoms with Crippen LogP contribution in [0.3, 0.4) is 0 Å². The van der Waals surface area contributed by atoms with Crippen LogP contribution in [-0.4, -0.2) is 22.1 Å². The normalized spacial score (nSPS) is 10.9. The van der Waals surface area contributed by atoms with Crippen molar-refractivity contribution in [3.63, 3.8) is 0 Å². The Morgan fingerprint density at radius 3 is 2.25 bits per heavy atom. The highest BCUT2D eigenvalue weighted by Gasteiger charge is 2.18. The van der Waals surface area contributed by atoms with Crippen molar-refractivity contribution < 1.29 is 4.74 Å². The number of pyridine rings is 1. The van der Waals surface area contributed by atoms with Crippen LogP contribution in [0.4, 0.5) is 0 Å². The van der Waals surface area contributed by atoms with Crippen LogP contribution < -0.4 is 4.74 Å². The fourth-order valence-corrected chi connectivity index (χ4v) is 3.75. The summed E-state index contributed by atoms with van der Waals surface area (Å²) in [5.41, 5.74) is 8.77. The minimum absolute atomic E-state index is 0.811. The molecule has 0 unspecified atom stereocenters. The minimum atomic E-state index is 0.811. The summed E-state index contributed by atoms with van der Waals surface area (Å²) in [6, 6.07) is 16.4. The number of hydrogen-bond acceptors (Lipinski definition) is 3. The molecule has 28 heavy (non-hydrogen) atoms. The van der Waals surface area contributed by atoms with E-state index in [4.69, 9.17) is 9.72 Å². The van der Waals surface area contributed by atoms with Crippen LogP contribution in [-0.2, 0) is 0 Å².